The summed E-state index contributed by atoms with van der Waals surface area (Å²) in [5.74, 6) is -1.67. The molecule has 0 spiro atoms. The molecule has 2 amide bonds. The lowest BCUT2D eigenvalue weighted by atomic mass is 9.77. The summed E-state index contributed by atoms with van der Waals surface area (Å²) in [6.45, 7) is 0.428. The van der Waals surface area contributed by atoms with Crippen LogP contribution in [0, 0.1) is 11.8 Å². The molecule has 3 aromatic carbocycles. The van der Waals surface area contributed by atoms with Crippen LogP contribution in [0.4, 0.5) is 0 Å². The Morgan fingerprint density at radius 2 is 1.51 bits per heavy atom. The van der Waals surface area contributed by atoms with Gasteiger partial charge in [0.15, 0.2) is 5.78 Å². The smallest absolute Gasteiger partial charge is 0.243 e. The second-order valence-electron chi connectivity index (χ2n) is 10.8. The van der Waals surface area contributed by atoms with E-state index >= 15 is 0 Å². The van der Waals surface area contributed by atoms with E-state index in [9.17, 15) is 14.4 Å². The average Bonchev–Trinajstić information content (AvgIpc) is 3.58. The summed E-state index contributed by atoms with van der Waals surface area (Å²) in [5, 5.41) is 5.59. The molecule has 1 aromatic heterocycles. The first kappa shape index (κ1) is 27.4. The average molecular weight is 583 g/mol. The van der Waals surface area contributed by atoms with Crippen LogP contribution in [0.3, 0.4) is 0 Å². The molecule has 4 atom stereocenters. The lowest BCUT2D eigenvalue weighted by Crippen LogP contribution is -2.49. The van der Waals surface area contributed by atoms with E-state index in [0.717, 1.165) is 29.5 Å². The van der Waals surface area contributed by atoms with Gasteiger partial charge >= 0.3 is 0 Å². The fraction of sp³-hybridized carbons (Fsp3) is 0.265. The van der Waals surface area contributed by atoms with Gasteiger partial charge in [0.1, 0.15) is 6.04 Å². The summed E-state index contributed by atoms with van der Waals surface area (Å²) in [6, 6.07) is 29.3. The van der Waals surface area contributed by atoms with Gasteiger partial charge < -0.3 is 10.2 Å². The number of nitrogens with zero attached hydrogens (tertiary/aromatic N) is 1. The number of halogens is 1. The maximum atomic E-state index is 14.4. The molecule has 0 bridgehead atoms. The number of carbonyl (C=O) groups excluding carboxylic acids is 3. The lowest BCUT2D eigenvalue weighted by Gasteiger charge is -2.32. The van der Waals surface area contributed by atoms with Crippen molar-refractivity contribution >= 4 is 40.5 Å². The monoisotopic (exact) mass is 582 g/mol. The second-order valence-corrected chi connectivity index (χ2v) is 12.2. The van der Waals surface area contributed by atoms with Crippen molar-refractivity contribution in [1.29, 1.82) is 0 Å². The third-order valence-electron chi connectivity index (χ3n) is 8.13. The van der Waals surface area contributed by atoms with Crippen molar-refractivity contribution in [2.75, 3.05) is 6.54 Å². The van der Waals surface area contributed by atoms with Gasteiger partial charge in [-0.25, -0.2) is 0 Å². The molecule has 41 heavy (non-hydrogen) atoms. The van der Waals surface area contributed by atoms with Crippen LogP contribution in [0.2, 0.25) is 5.02 Å². The van der Waals surface area contributed by atoms with E-state index < -0.39 is 23.9 Å². The van der Waals surface area contributed by atoms with E-state index in [0.29, 0.717) is 22.9 Å². The fourth-order valence-electron chi connectivity index (χ4n) is 6.08. The molecule has 2 aliphatic rings. The van der Waals surface area contributed by atoms with Crippen LogP contribution in [-0.4, -0.2) is 35.1 Å². The molecule has 2 heterocycles. The van der Waals surface area contributed by atoms with Gasteiger partial charge in [-0.05, 0) is 59.5 Å². The van der Waals surface area contributed by atoms with Gasteiger partial charge in [0.2, 0.25) is 11.8 Å². The number of likely N-dealkylation sites (tertiary alicyclic amines) is 1. The number of hydrogen-bond donors (Lipinski definition) is 1. The Morgan fingerprint density at radius 3 is 2.15 bits per heavy atom. The first-order valence-electron chi connectivity index (χ1n) is 14.0. The largest absolute Gasteiger partial charge is 0.354 e. The Morgan fingerprint density at radius 1 is 0.829 bits per heavy atom. The number of hydrogen-bond acceptors (Lipinski definition) is 4. The van der Waals surface area contributed by atoms with Gasteiger partial charge in [-0.3, -0.25) is 14.4 Å². The Kier molecular flexibility index (Phi) is 8.04. The first-order valence-corrected chi connectivity index (χ1v) is 15.3. The van der Waals surface area contributed by atoms with Crippen molar-refractivity contribution in [3.05, 3.63) is 129 Å². The molecule has 1 saturated heterocycles. The topological polar surface area (TPSA) is 66.5 Å². The zero-order valence-corrected chi connectivity index (χ0v) is 24.1. The van der Waals surface area contributed by atoms with Crippen LogP contribution >= 0.6 is 22.9 Å². The minimum absolute atomic E-state index is 0.0532. The SMILES string of the molecule is O=C(c1cccs1)C1C(c2ccc(Cl)cc2)C(C(=O)NCCc2ccccc2)N(C(=O)C2CC2)C1c1ccccc1. The van der Waals surface area contributed by atoms with Crippen molar-refractivity contribution in [3.8, 4) is 0 Å². The molecule has 7 heteroatoms. The molecule has 0 radical (unpaired) electrons. The fourth-order valence-corrected chi connectivity index (χ4v) is 6.92. The third kappa shape index (κ3) is 5.72. The predicted molar refractivity (Wildman–Crippen MR) is 162 cm³/mol. The molecular formula is C34H31ClN2O3S. The molecule has 2 fully saturated rings. The molecular weight excluding hydrogens is 552 g/mol. The summed E-state index contributed by atoms with van der Waals surface area (Å²) in [6.07, 6.45) is 2.27. The number of amides is 2. The summed E-state index contributed by atoms with van der Waals surface area (Å²) in [7, 11) is 0. The van der Waals surface area contributed by atoms with Gasteiger partial charge in [-0.2, -0.15) is 0 Å². The standard InChI is InChI=1S/C34H31ClN2O3S/c35-26-17-15-23(16-18-26)28-29(32(38)27-12-7-21-41-27)30(24-10-5-2-6-11-24)37(34(40)25-13-14-25)31(28)33(39)36-20-19-22-8-3-1-4-9-22/h1-12,15-18,21,25,28-31H,13-14,19-20H2,(H,36,39). The quantitative estimate of drug-likeness (QED) is 0.223. The van der Waals surface area contributed by atoms with Crippen LogP contribution in [0.15, 0.2) is 102 Å². The third-order valence-corrected chi connectivity index (χ3v) is 9.27. The molecule has 4 aromatic rings. The van der Waals surface area contributed by atoms with E-state index in [1.165, 1.54) is 11.3 Å². The Balaban J connectivity index is 1.46. The van der Waals surface area contributed by atoms with Crippen LogP contribution in [0.25, 0.3) is 0 Å². The Labute approximate surface area is 249 Å². The summed E-state index contributed by atoms with van der Waals surface area (Å²) < 4.78 is 0. The highest BCUT2D eigenvalue weighted by Gasteiger charge is 2.58. The number of thiophene rings is 1. The van der Waals surface area contributed by atoms with Crippen LogP contribution in [0.1, 0.15) is 51.2 Å². The van der Waals surface area contributed by atoms with Gasteiger partial charge in [-0.1, -0.05) is 90.5 Å². The summed E-state index contributed by atoms with van der Waals surface area (Å²) in [5.41, 5.74) is 2.79. The zero-order chi connectivity index (χ0) is 28.3. The summed E-state index contributed by atoms with van der Waals surface area (Å²) in [4.78, 5) is 45.1. The van der Waals surface area contributed by atoms with Crippen LogP contribution in [0.5, 0.6) is 0 Å². The Bertz CT molecular complexity index is 1500. The maximum absolute atomic E-state index is 14.4. The van der Waals surface area contributed by atoms with Gasteiger partial charge in [-0.15, -0.1) is 11.3 Å². The predicted octanol–water partition coefficient (Wildman–Crippen LogP) is 6.71. The minimum Gasteiger partial charge on any atom is -0.354 e. The van der Waals surface area contributed by atoms with Crippen molar-refractivity contribution in [2.45, 2.75) is 37.3 Å². The molecule has 4 unspecified atom stereocenters. The molecule has 1 aliphatic heterocycles. The van der Waals surface area contributed by atoms with Crippen molar-refractivity contribution < 1.29 is 14.4 Å². The second kappa shape index (κ2) is 12.0. The minimum atomic E-state index is -0.848. The highest BCUT2D eigenvalue weighted by molar-refractivity contribution is 7.12. The maximum Gasteiger partial charge on any atom is 0.243 e. The highest BCUT2D eigenvalue weighted by atomic mass is 35.5. The summed E-state index contributed by atoms with van der Waals surface area (Å²) >= 11 is 7.66. The van der Waals surface area contributed by atoms with Crippen molar-refractivity contribution in [1.82, 2.24) is 10.2 Å². The normalized spacial score (nSPS) is 21.9. The van der Waals surface area contributed by atoms with E-state index in [2.05, 4.69) is 5.32 Å². The van der Waals surface area contributed by atoms with Gasteiger partial charge in [0, 0.05) is 23.4 Å². The number of nitrogens with one attached hydrogen (secondary N) is 1. The molecule has 208 valence electrons. The van der Waals surface area contributed by atoms with Crippen molar-refractivity contribution in [2.24, 2.45) is 11.8 Å². The van der Waals surface area contributed by atoms with Crippen LogP contribution < -0.4 is 5.32 Å². The number of carbonyl (C=O) groups is 3. The number of rotatable bonds is 9. The number of ketones is 1. The first-order chi connectivity index (χ1) is 20.0. The van der Waals surface area contributed by atoms with E-state index in [4.69, 9.17) is 11.6 Å². The van der Waals surface area contributed by atoms with E-state index in [1.807, 2.05) is 90.3 Å². The Hall–Kier alpha value is -3.74. The molecule has 1 aliphatic carbocycles. The number of Topliss-reactive ketones (excluding diaryl/α,β-unsaturated/α-hetero) is 1. The van der Waals surface area contributed by atoms with Crippen molar-refractivity contribution in [3.63, 3.8) is 0 Å². The van der Waals surface area contributed by atoms with E-state index in [-0.39, 0.29) is 23.5 Å². The molecule has 5 nitrogen and oxygen atoms in total. The highest BCUT2D eigenvalue weighted by Crippen LogP contribution is 2.53. The van der Waals surface area contributed by atoms with E-state index in [1.54, 1.807) is 17.0 Å². The molecule has 1 saturated carbocycles. The lowest BCUT2D eigenvalue weighted by molar-refractivity contribution is -0.142. The van der Waals surface area contributed by atoms with Crippen LogP contribution in [-0.2, 0) is 16.0 Å². The van der Waals surface area contributed by atoms with Gasteiger partial charge in [0.25, 0.3) is 0 Å². The molecule has 1 N–H and O–H groups in total. The zero-order valence-electron chi connectivity index (χ0n) is 22.5. The van der Waals surface area contributed by atoms with Gasteiger partial charge in [0.05, 0.1) is 16.8 Å². The molecule has 6 rings (SSSR count). The number of benzene rings is 3.